The number of thiophene rings is 1. The Morgan fingerprint density at radius 3 is 2.37 bits per heavy atom. The van der Waals surface area contributed by atoms with Crippen LogP contribution in [0.2, 0.25) is 0 Å². The normalized spacial score (nSPS) is 17.4. The van der Waals surface area contributed by atoms with Gasteiger partial charge in [-0.3, -0.25) is 4.99 Å². The largest absolute Gasteiger partial charge is 0.511 e. The van der Waals surface area contributed by atoms with Gasteiger partial charge in [0.15, 0.2) is 5.96 Å². The fourth-order valence-electron chi connectivity index (χ4n) is 2.65. The van der Waals surface area contributed by atoms with Crippen molar-refractivity contribution >= 4 is 51.3 Å². The van der Waals surface area contributed by atoms with Crippen LogP contribution in [-0.4, -0.2) is 50.4 Å². The van der Waals surface area contributed by atoms with Crippen molar-refractivity contribution in [1.29, 1.82) is 0 Å². The van der Waals surface area contributed by atoms with Gasteiger partial charge in [0.25, 0.3) is 0 Å². The van der Waals surface area contributed by atoms with Crippen LogP contribution in [0, 0.1) is 0 Å². The number of nitrogens with zero attached hydrogens (tertiary/aromatic N) is 2. The summed E-state index contributed by atoms with van der Waals surface area (Å²) >= 11 is 1.71. The first-order valence-corrected chi connectivity index (χ1v) is 10.5. The summed E-state index contributed by atoms with van der Waals surface area (Å²) < 4.78 is 61.1. The summed E-state index contributed by atoms with van der Waals surface area (Å²) in [5, 5.41) is 6.32. The predicted octanol–water partition coefficient (Wildman–Crippen LogP) is 2.91. The average molecular weight is 540 g/mol. The van der Waals surface area contributed by atoms with E-state index in [-0.39, 0.29) is 55.9 Å². The van der Waals surface area contributed by atoms with Gasteiger partial charge in [0, 0.05) is 35.9 Å². The van der Waals surface area contributed by atoms with Crippen LogP contribution in [0.4, 0.5) is 13.2 Å². The summed E-state index contributed by atoms with van der Waals surface area (Å²) in [5.41, 5.74) is -5.25. The van der Waals surface area contributed by atoms with Crippen molar-refractivity contribution in [3.05, 3.63) is 21.9 Å². The highest BCUT2D eigenvalue weighted by molar-refractivity contribution is 14.0. The Labute approximate surface area is 178 Å². The molecule has 0 amide bonds. The van der Waals surface area contributed by atoms with Crippen LogP contribution in [0.25, 0.3) is 0 Å². The van der Waals surface area contributed by atoms with Gasteiger partial charge in [-0.1, -0.05) is 6.92 Å². The first-order chi connectivity index (χ1) is 12.2. The Morgan fingerprint density at radius 1 is 1.30 bits per heavy atom. The summed E-state index contributed by atoms with van der Waals surface area (Å²) in [6, 6.07) is 3.99. The van der Waals surface area contributed by atoms with E-state index in [0.29, 0.717) is 16.8 Å². The molecule has 1 saturated heterocycles. The molecule has 1 aliphatic heterocycles. The number of rotatable bonds is 5. The van der Waals surface area contributed by atoms with E-state index in [4.69, 9.17) is 0 Å². The third-order valence-corrected chi connectivity index (χ3v) is 7.01. The minimum atomic E-state index is -5.25. The maximum atomic E-state index is 12.6. The second-order valence-corrected chi connectivity index (χ2v) is 9.10. The predicted molar refractivity (Wildman–Crippen MR) is 112 cm³/mol. The van der Waals surface area contributed by atoms with Gasteiger partial charge in [0.05, 0.1) is 6.54 Å². The topological polar surface area (TPSA) is 73.8 Å². The Bertz CT molecular complexity index is 730. The second-order valence-electron chi connectivity index (χ2n) is 5.92. The van der Waals surface area contributed by atoms with Crippen molar-refractivity contribution in [2.75, 3.05) is 20.1 Å². The first kappa shape index (κ1) is 24.4. The Morgan fingerprint density at radius 2 is 1.89 bits per heavy atom. The summed E-state index contributed by atoms with van der Waals surface area (Å²) in [5.74, 6) is 0.550. The van der Waals surface area contributed by atoms with E-state index in [0.717, 1.165) is 11.3 Å². The minimum Gasteiger partial charge on any atom is -0.354 e. The smallest absolute Gasteiger partial charge is 0.354 e. The second kappa shape index (κ2) is 10.3. The molecule has 1 fully saturated rings. The summed E-state index contributed by atoms with van der Waals surface area (Å²) in [6.07, 6.45) is 1.56. The van der Waals surface area contributed by atoms with E-state index in [2.05, 4.69) is 28.6 Å². The van der Waals surface area contributed by atoms with Crippen LogP contribution in [0.15, 0.2) is 17.1 Å². The molecule has 2 N–H and O–H groups in total. The van der Waals surface area contributed by atoms with Gasteiger partial charge in [0.1, 0.15) is 0 Å². The lowest BCUT2D eigenvalue weighted by molar-refractivity contribution is -0.0494. The number of nitrogens with one attached hydrogen (secondary N) is 2. The molecule has 0 aromatic carbocycles. The fourth-order valence-corrected chi connectivity index (χ4v) is 4.53. The lowest BCUT2D eigenvalue weighted by Gasteiger charge is -2.32. The zero-order valence-electron chi connectivity index (χ0n) is 15.0. The highest BCUT2D eigenvalue weighted by Gasteiger charge is 2.50. The summed E-state index contributed by atoms with van der Waals surface area (Å²) in [7, 11) is -3.63. The number of halogens is 4. The molecule has 1 aromatic heterocycles. The number of alkyl halides is 3. The highest BCUT2D eigenvalue weighted by Crippen LogP contribution is 2.28. The molecule has 1 aromatic rings. The van der Waals surface area contributed by atoms with Crippen molar-refractivity contribution in [3.8, 4) is 0 Å². The lowest BCUT2D eigenvalue weighted by atomic mass is 10.1. The number of hydrogen-bond donors (Lipinski definition) is 2. The monoisotopic (exact) mass is 540 g/mol. The quantitative estimate of drug-likeness (QED) is 0.343. The van der Waals surface area contributed by atoms with Crippen LogP contribution < -0.4 is 10.6 Å². The molecule has 1 aliphatic rings. The average Bonchev–Trinajstić information content (AvgIpc) is 3.06. The zero-order valence-corrected chi connectivity index (χ0v) is 19.0. The SMILES string of the molecule is CCc1ccc(CNC(=NC)NC2CCN(S(=O)(=O)C(F)(F)F)CC2)s1.I. The van der Waals surface area contributed by atoms with E-state index in [1.54, 1.807) is 18.4 Å². The van der Waals surface area contributed by atoms with Crippen molar-refractivity contribution in [2.24, 2.45) is 4.99 Å². The number of aliphatic imine (C=N–C) groups is 1. The molecule has 156 valence electrons. The van der Waals surface area contributed by atoms with Gasteiger partial charge in [-0.2, -0.15) is 17.5 Å². The maximum absolute atomic E-state index is 12.6. The molecular weight excluding hydrogens is 516 g/mol. The van der Waals surface area contributed by atoms with E-state index in [9.17, 15) is 21.6 Å². The molecule has 12 heteroatoms. The zero-order chi connectivity index (χ0) is 19.4. The minimum absolute atomic E-state index is 0. The molecule has 0 atom stereocenters. The van der Waals surface area contributed by atoms with Gasteiger partial charge < -0.3 is 10.6 Å². The standard InChI is InChI=1S/C15H23F3N4O2S2.HI/c1-3-12-4-5-13(25-12)10-20-14(19-2)21-11-6-8-22(9-7-11)26(23,24)15(16,17)18;/h4-5,11H,3,6-10H2,1-2H3,(H2,19,20,21);1H. The van der Waals surface area contributed by atoms with Crippen molar-refractivity contribution in [2.45, 2.75) is 44.3 Å². The molecule has 0 saturated carbocycles. The molecule has 0 aliphatic carbocycles. The third-order valence-electron chi connectivity index (χ3n) is 4.15. The summed E-state index contributed by atoms with van der Waals surface area (Å²) in [6.45, 7) is 2.36. The van der Waals surface area contributed by atoms with Crippen LogP contribution in [0.3, 0.4) is 0 Å². The van der Waals surface area contributed by atoms with Crippen molar-refractivity contribution < 1.29 is 21.6 Å². The van der Waals surface area contributed by atoms with E-state index >= 15 is 0 Å². The molecule has 0 unspecified atom stereocenters. The molecule has 0 bridgehead atoms. The molecule has 0 spiro atoms. The van der Waals surface area contributed by atoms with Gasteiger partial charge in [-0.25, -0.2) is 8.42 Å². The van der Waals surface area contributed by atoms with Crippen LogP contribution in [0.1, 0.15) is 29.5 Å². The molecular formula is C15H24F3IN4O2S2. The Balaban J connectivity index is 0.00000364. The van der Waals surface area contributed by atoms with Gasteiger partial charge >= 0.3 is 15.5 Å². The van der Waals surface area contributed by atoms with E-state index in [1.165, 1.54) is 4.88 Å². The first-order valence-electron chi connectivity index (χ1n) is 8.28. The molecule has 2 rings (SSSR count). The molecule has 27 heavy (non-hydrogen) atoms. The number of piperidine rings is 1. The van der Waals surface area contributed by atoms with Crippen LogP contribution in [-0.2, 0) is 23.0 Å². The van der Waals surface area contributed by atoms with Crippen LogP contribution in [0.5, 0.6) is 0 Å². The maximum Gasteiger partial charge on any atom is 0.511 e. The van der Waals surface area contributed by atoms with Gasteiger partial charge in [-0.15, -0.1) is 35.3 Å². The summed E-state index contributed by atoms with van der Waals surface area (Å²) in [4.78, 5) is 6.58. The Hall–Kier alpha value is -0.600. The number of guanidine groups is 1. The molecule has 2 heterocycles. The number of hydrogen-bond acceptors (Lipinski definition) is 4. The van der Waals surface area contributed by atoms with E-state index in [1.807, 2.05) is 6.07 Å². The van der Waals surface area contributed by atoms with E-state index < -0.39 is 15.5 Å². The highest BCUT2D eigenvalue weighted by atomic mass is 127. The number of sulfonamides is 1. The fraction of sp³-hybridized carbons (Fsp3) is 0.667. The number of aryl methyl sites for hydroxylation is 1. The van der Waals surface area contributed by atoms with Gasteiger partial charge in [0.2, 0.25) is 0 Å². The third kappa shape index (κ3) is 6.46. The lowest BCUT2D eigenvalue weighted by Crippen LogP contribution is -2.51. The van der Waals surface area contributed by atoms with Crippen molar-refractivity contribution in [1.82, 2.24) is 14.9 Å². The van der Waals surface area contributed by atoms with Gasteiger partial charge in [-0.05, 0) is 31.4 Å². The van der Waals surface area contributed by atoms with Crippen molar-refractivity contribution in [3.63, 3.8) is 0 Å². The Kier molecular flexibility index (Phi) is 9.28. The molecule has 0 radical (unpaired) electrons. The molecule has 6 nitrogen and oxygen atoms in total. The van der Waals surface area contributed by atoms with Crippen LogP contribution >= 0.6 is 35.3 Å².